The highest BCUT2D eigenvalue weighted by atomic mass is 79.9. The number of aliphatic hydroxyl groups is 1. The fourth-order valence-electron chi connectivity index (χ4n) is 2.32. The number of aliphatic hydroxyl groups excluding tert-OH is 1. The Balaban J connectivity index is 1.91. The first kappa shape index (κ1) is 14.5. The van der Waals surface area contributed by atoms with Crippen molar-refractivity contribution in [1.82, 2.24) is 4.90 Å². The molecule has 1 amide bonds. The third-order valence-corrected chi connectivity index (χ3v) is 3.86. The number of carbonyl (C=O) groups is 1. The number of carbonyl (C=O) groups excluding carboxylic acids is 1. The van der Waals surface area contributed by atoms with Crippen LogP contribution in [0, 0.1) is 5.82 Å². The summed E-state index contributed by atoms with van der Waals surface area (Å²) in [6.45, 7) is 1.09. The molecular weight excluding hydrogens is 313 g/mol. The predicted molar refractivity (Wildman–Crippen MR) is 74.2 cm³/mol. The number of amides is 1. The minimum atomic E-state index is -0.416. The van der Waals surface area contributed by atoms with Crippen LogP contribution >= 0.6 is 15.9 Å². The number of piperidine rings is 1. The molecule has 1 heterocycles. The zero-order chi connectivity index (χ0) is 13.8. The van der Waals surface area contributed by atoms with Crippen LogP contribution in [0.1, 0.15) is 24.8 Å². The molecule has 2 rings (SSSR count). The van der Waals surface area contributed by atoms with Crippen molar-refractivity contribution in [1.29, 1.82) is 0 Å². The number of nitrogens with zero attached hydrogens (tertiary/aromatic N) is 1. The fraction of sp³-hybridized carbons (Fsp3) is 0.500. The van der Waals surface area contributed by atoms with E-state index < -0.39 is 6.10 Å². The van der Waals surface area contributed by atoms with Crippen LogP contribution < -0.4 is 0 Å². The molecule has 1 fully saturated rings. The minimum absolute atomic E-state index is 0.0156. The van der Waals surface area contributed by atoms with E-state index in [1.165, 1.54) is 6.07 Å². The molecule has 0 radical (unpaired) electrons. The third-order valence-electron chi connectivity index (χ3n) is 3.37. The van der Waals surface area contributed by atoms with Gasteiger partial charge in [0.05, 0.1) is 6.10 Å². The van der Waals surface area contributed by atoms with Crippen molar-refractivity contribution < 1.29 is 14.3 Å². The van der Waals surface area contributed by atoms with Crippen LogP contribution in [0.5, 0.6) is 0 Å². The van der Waals surface area contributed by atoms with Gasteiger partial charge in [-0.25, -0.2) is 4.39 Å². The Morgan fingerprint density at radius 3 is 3.05 bits per heavy atom. The van der Waals surface area contributed by atoms with Gasteiger partial charge in [-0.1, -0.05) is 15.9 Å². The molecule has 1 aliphatic rings. The number of benzene rings is 1. The second-order valence-electron chi connectivity index (χ2n) is 4.87. The maximum absolute atomic E-state index is 13.5. The number of likely N-dealkylation sites (tertiary alicyclic amines) is 1. The van der Waals surface area contributed by atoms with E-state index in [2.05, 4.69) is 15.9 Å². The van der Waals surface area contributed by atoms with Gasteiger partial charge < -0.3 is 10.0 Å². The van der Waals surface area contributed by atoms with Crippen LogP contribution in [0.3, 0.4) is 0 Å². The van der Waals surface area contributed by atoms with Crippen LogP contribution in [0.2, 0.25) is 0 Å². The van der Waals surface area contributed by atoms with Crippen molar-refractivity contribution in [2.24, 2.45) is 0 Å². The minimum Gasteiger partial charge on any atom is -0.391 e. The number of hydrogen-bond donors (Lipinski definition) is 1. The second kappa shape index (κ2) is 6.48. The molecule has 1 aliphatic heterocycles. The van der Waals surface area contributed by atoms with E-state index in [4.69, 9.17) is 0 Å². The lowest BCUT2D eigenvalue weighted by Crippen LogP contribution is -2.42. The lowest BCUT2D eigenvalue weighted by Gasteiger charge is -2.30. The predicted octanol–water partition coefficient (Wildman–Crippen LogP) is 2.50. The summed E-state index contributed by atoms with van der Waals surface area (Å²) in [4.78, 5) is 13.7. The summed E-state index contributed by atoms with van der Waals surface area (Å²) in [5, 5.41) is 9.53. The number of halogens is 2. The Labute approximate surface area is 120 Å². The lowest BCUT2D eigenvalue weighted by molar-refractivity contribution is -0.134. The normalized spacial score (nSPS) is 19.5. The topological polar surface area (TPSA) is 40.5 Å². The average molecular weight is 330 g/mol. The van der Waals surface area contributed by atoms with E-state index in [-0.39, 0.29) is 18.1 Å². The van der Waals surface area contributed by atoms with Crippen molar-refractivity contribution in [3.8, 4) is 0 Å². The highest BCUT2D eigenvalue weighted by Crippen LogP contribution is 2.18. The van der Waals surface area contributed by atoms with Gasteiger partial charge in [-0.15, -0.1) is 0 Å². The summed E-state index contributed by atoms with van der Waals surface area (Å²) >= 11 is 3.29. The molecule has 0 aromatic heterocycles. The summed E-state index contributed by atoms with van der Waals surface area (Å²) in [5.41, 5.74) is 0.542. The third kappa shape index (κ3) is 4.01. The van der Waals surface area contributed by atoms with Crippen LogP contribution in [0.25, 0.3) is 0 Å². The molecule has 0 spiro atoms. The number of aryl methyl sites for hydroxylation is 1. The van der Waals surface area contributed by atoms with E-state index in [1.807, 2.05) is 0 Å². The van der Waals surface area contributed by atoms with Crippen molar-refractivity contribution in [2.75, 3.05) is 13.1 Å². The standard InChI is InChI=1S/C14H17BrFNO2/c15-11-4-5-13(16)10(8-11)3-6-14(19)17-7-1-2-12(18)9-17/h4-5,8,12,18H,1-3,6-7,9H2. The molecule has 0 aliphatic carbocycles. The number of hydrogen-bond acceptors (Lipinski definition) is 2. The van der Waals surface area contributed by atoms with E-state index in [0.29, 0.717) is 25.1 Å². The summed E-state index contributed by atoms with van der Waals surface area (Å²) in [6.07, 6.45) is 1.83. The number of rotatable bonds is 3. The molecule has 1 N–H and O–H groups in total. The molecule has 1 aromatic carbocycles. The van der Waals surface area contributed by atoms with E-state index >= 15 is 0 Å². The van der Waals surface area contributed by atoms with Gasteiger partial charge in [0.2, 0.25) is 5.91 Å². The Kier molecular flexibility index (Phi) is 4.93. The quantitative estimate of drug-likeness (QED) is 0.925. The van der Waals surface area contributed by atoms with Crippen molar-refractivity contribution in [3.05, 3.63) is 34.1 Å². The van der Waals surface area contributed by atoms with Crippen LogP contribution in [0.4, 0.5) is 4.39 Å². The maximum atomic E-state index is 13.5. The Morgan fingerprint density at radius 2 is 2.32 bits per heavy atom. The molecule has 3 nitrogen and oxygen atoms in total. The smallest absolute Gasteiger partial charge is 0.222 e. The molecular formula is C14H17BrFNO2. The maximum Gasteiger partial charge on any atom is 0.222 e. The first-order valence-electron chi connectivity index (χ1n) is 6.46. The molecule has 1 aromatic rings. The van der Waals surface area contributed by atoms with Crippen molar-refractivity contribution in [3.63, 3.8) is 0 Å². The van der Waals surface area contributed by atoms with Gasteiger partial charge in [-0.05, 0) is 43.0 Å². The molecule has 0 saturated carbocycles. The summed E-state index contributed by atoms with van der Waals surface area (Å²) in [6, 6.07) is 4.74. The van der Waals surface area contributed by atoms with Crippen LogP contribution in [-0.2, 0) is 11.2 Å². The Morgan fingerprint density at radius 1 is 1.53 bits per heavy atom. The molecule has 19 heavy (non-hydrogen) atoms. The monoisotopic (exact) mass is 329 g/mol. The summed E-state index contributed by atoms with van der Waals surface area (Å²) in [5.74, 6) is -0.298. The average Bonchev–Trinajstić information content (AvgIpc) is 2.39. The molecule has 1 saturated heterocycles. The van der Waals surface area contributed by atoms with Gasteiger partial charge in [-0.3, -0.25) is 4.79 Å². The van der Waals surface area contributed by atoms with Gasteiger partial charge in [0.25, 0.3) is 0 Å². The molecule has 0 bridgehead atoms. The first-order chi connectivity index (χ1) is 9.06. The van der Waals surface area contributed by atoms with Gasteiger partial charge in [0.15, 0.2) is 0 Å². The van der Waals surface area contributed by atoms with Gasteiger partial charge in [-0.2, -0.15) is 0 Å². The van der Waals surface area contributed by atoms with Crippen molar-refractivity contribution >= 4 is 21.8 Å². The second-order valence-corrected chi connectivity index (χ2v) is 5.79. The van der Waals surface area contributed by atoms with E-state index in [9.17, 15) is 14.3 Å². The summed E-state index contributed by atoms with van der Waals surface area (Å²) in [7, 11) is 0. The largest absolute Gasteiger partial charge is 0.391 e. The Hall–Kier alpha value is -0.940. The van der Waals surface area contributed by atoms with Gasteiger partial charge >= 0.3 is 0 Å². The first-order valence-corrected chi connectivity index (χ1v) is 7.25. The van der Waals surface area contributed by atoms with Crippen molar-refractivity contribution in [2.45, 2.75) is 31.8 Å². The van der Waals surface area contributed by atoms with E-state index in [1.54, 1.807) is 17.0 Å². The molecule has 1 unspecified atom stereocenters. The highest BCUT2D eigenvalue weighted by molar-refractivity contribution is 9.10. The highest BCUT2D eigenvalue weighted by Gasteiger charge is 2.21. The van der Waals surface area contributed by atoms with Gasteiger partial charge in [0, 0.05) is 24.0 Å². The molecule has 1 atom stereocenters. The zero-order valence-electron chi connectivity index (χ0n) is 10.6. The fourth-order valence-corrected chi connectivity index (χ4v) is 2.72. The van der Waals surface area contributed by atoms with Gasteiger partial charge in [0.1, 0.15) is 5.82 Å². The molecule has 104 valence electrons. The van der Waals surface area contributed by atoms with Crippen LogP contribution in [0.15, 0.2) is 22.7 Å². The lowest BCUT2D eigenvalue weighted by atomic mass is 10.1. The van der Waals surface area contributed by atoms with Crippen LogP contribution in [-0.4, -0.2) is 35.1 Å². The number of β-amino-alcohol motifs (C(OH)–C–C–N with tert-alkyl or cyclic N) is 1. The van der Waals surface area contributed by atoms with E-state index in [0.717, 1.165) is 17.3 Å². The molecule has 5 heteroatoms. The Bertz CT molecular complexity index is 467. The zero-order valence-corrected chi connectivity index (χ0v) is 12.2. The summed E-state index contributed by atoms with van der Waals surface area (Å²) < 4.78 is 14.3. The SMILES string of the molecule is O=C(CCc1cc(Br)ccc1F)N1CCCC(O)C1.